The maximum Gasteiger partial charge on any atom is 0.248 e. The van der Waals surface area contributed by atoms with E-state index >= 15 is 0 Å². The van der Waals surface area contributed by atoms with Crippen molar-refractivity contribution in [3.63, 3.8) is 0 Å². The van der Waals surface area contributed by atoms with Crippen LogP contribution in [0.4, 0.5) is 0 Å². The zero-order chi connectivity index (χ0) is 15.5. The van der Waals surface area contributed by atoms with Gasteiger partial charge in [-0.05, 0) is 26.8 Å². The normalized spacial score (nSPS) is 18.2. The van der Waals surface area contributed by atoms with Crippen molar-refractivity contribution < 1.29 is 12.9 Å². The number of rotatable bonds is 6. The Morgan fingerprint density at radius 2 is 1.81 bits per heavy atom. The molecule has 1 aromatic rings. The Labute approximate surface area is 127 Å². The molecule has 0 radical (unpaired) electrons. The molecule has 0 aliphatic carbocycles. The van der Waals surface area contributed by atoms with Crippen molar-refractivity contribution in [1.29, 1.82) is 0 Å². The summed E-state index contributed by atoms with van der Waals surface area (Å²) in [7, 11) is -3.48. The van der Waals surface area contributed by atoms with Gasteiger partial charge in [0.2, 0.25) is 10.0 Å². The van der Waals surface area contributed by atoms with Gasteiger partial charge in [-0.2, -0.15) is 4.31 Å². The van der Waals surface area contributed by atoms with Crippen LogP contribution in [0.2, 0.25) is 0 Å². The molecule has 7 heteroatoms. The van der Waals surface area contributed by atoms with Crippen LogP contribution >= 0.6 is 0 Å². The van der Waals surface area contributed by atoms with Gasteiger partial charge in [0.05, 0.1) is 0 Å². The van der Waals surface area contributed by atoms with Crippen LogP contribution in [0.15, 0.2) is 9.42 Å². The monoisotopic (exact) mass is 315 g/mol. The van der Waals surface area contributed by atoms with Crippen LogP contribution in [0.1, 0.15) is 37.6 Å². The summed E-state index contributed by atoms with van der Waals surface area (Å²) in [6, 6.07) is 0. The van der Waals surface area contributed by atoms with E-state index in [2.05, 4.69) is 17.0 Å². The summed E-state index contributed by atoms with van der Waals surface area (Å²) in [4.78, 5) is 2.58. The highest BCUT2D eigenvalue weighted by molar-refractivity contribution is 7.89. The fraction of sp³-hybridized carbons (Fsp3) is 0.786. The van der Waals surface area contributed by atoms with Crippen LogP contribution in [0.5, 0.6) is 0 Å². The summed E-state index contributed by atoms with van der Waals surface area (Å²) < 4.78 is 31.9. The number of piperazine rings is 1. The molecule has 0 unspecified atom stereocenters. The Morgan fingerprint density at radius 1 is 1.14 bits per heavy atom. The average Bonchev–Trinajstić information content (AvgIpc) is 2.79. The SMILES string of the molecule is CCCCCN1CCN(S(=O)(=O)c2c(C)noc2C)CC1. The molecule has 1 fully saturated rings. The predicted molar refractivity (Wildman–Crippen MR) is 80.7 cm³/mol. The quantitative estimate of drug-likeness (QED) is 0.749. The first-order valence-electron chi connectivity index (χ1n) is 7.62. The molecule has 0 atom stereocenters. The topological polar surface area (TPSA) is 66.7 Å². The molecule has 21 heavy (non-hydrogen) atoms. The Hall–Kier alpha value is -0.920. The van der Waals surface area contributed by atoms with E-state index in [0.29, 0.717) is 24.5 Å². The van der Waals surface area contributed by atoms with E-state index in [1.165, 1.54) is 19.3 Å². The summed E-state index contributed by atoms with van der Waals surface area (Å²) >= 11 is 0. The molecule has 0 saturated carbocycles. The van der Waals surface area contributed by atoms with Gasteiger partial charge in [0.1, 0.15) is 10.6 Å². The average molecular weight is 315 g/mol. The first-order chi connectivity index (χ1) is 9.96. The Bertz CT molecular complexity index is 541. The van der Waals surface area contributed by atoms with Gasteiger partial charge in [0.15, 0.2) is 5.76 Å². The van der Waals surface area contributed by atoms with Gasteiger partial charge in [-0.15, -0.1) is 0 Å². The third kappa shape index (κ3) is 3.64. The Kier molecular flexibility index (Phi) is 5.40. The highest BCUT2D eigenvalue weighted by Crippen LogP contribution is 2.24. The zero-order valence-electron chi connectivity index (χ0n) is 13.1. The molecule has 120 valence electrons. The smallest absolute Gasteiger partial charge is 0.248 e. The van der Waals surface area contributed by atoms with Crippen molar-refractivity contribution in [3.8, 4) is 0 Å². The third-order valence-electron chi connectivity index (χ3n) is 3.97. The predicted octanol–water partition coefficient (Wildman–Crippen LogP) is 1.79. The molecule has 2 heterocycles. The van der Waals surface area contributed by atoms with Crippen molar-refractivity contribution in [3.05, 3.63) is 11.5 Å². The number of hydrogen-bond acceptors (Lipinski definition) is 5. The second kappa shape index (κ2) is 6.89. The van der Waals surface area contributed by atoms with Gasteiger partial charge in [-0.25, -0.2) is 8.42 Å². The van der Waals surface area contributed by atoms with Crippen molar-refractivity contribution >= 4 is 10.0 Å². The van der Waals surface area contributed by atoms with Crippen LogP contribution in [0.3, 0.4) is 0 Å². The summed E-state index contributed by atoms with van der Waals surface area (Å²) in [5.41, 5.74) is 0.442. The van der Waals surface area contributed by atoms with Crippen molar-refractivity contribution in [2.24, 2.45) is 0 Å². The third-order valence-corrected chi connectivity index (χ3v) is 6.12. The lowest BCUT2D eigenvalue weighted by Gasteiger charge is -2.33. The molecule has 1 aliphatic rings. The maximum atomic E-state index is 12.7. The second-order valence-corrected chi connectivity index (χ2v) is 7.48. The van der Waals surface area contributed by atoms with Crippen molar-refractivity contribution in [1.82, 2.24) is 14.4 Å². The molecule has 6 nitrogen and oxygen atoms in total. The molecule has 0 amide bonds. The summed E-state index contributed by atoms with van der Waals surface area (Å²) in [5.74, 6) is 0.373. The molecule has 0 aromatic carbocycles. The van der Waals surface area contributed by atoms with Crippen molar-refractivity contribution in [2.75, 3.05) is 32.7 Å². The lowest BCUT2D eigenvalue weighted by Crippen LogP contribution is -2.48. The number of nitrogens with zero attached hydrogens (tertiary/aromatic N) is 3. The lowest BCUT2D eigenvalue weighted by atomic mass is 10.2. The minimum absolute atomic E-state index is 0.238. The van der Waals surface area contributed by atoms with E-state index in [1.807, 2.05) is 0 Å². The van der Waals surface area contributed by atoms with Crippen LogP contribution in [0.25, 0.3) is 0 Å². The van der Waals surface area contributed by atoms with Gasteiger partial charge < -0.3 is 9.42 Å². The maximum absolute atomic E-state index is 12.7. The fourth-order valence-electron chi connectivity index (χ4n) is 2.75. The van der Waals surface area contributed by atoms with Crippen LogP contribution in [0, 0.1) is 13.8 Å². The summed E-state index contributed by atoms with van der Waals surface area (Å²) in [6.07, 6.45) is 3.63. The molecular formula is C14H25N3O3S. The minimum Gasteiger partial charge on any atom is -0.360 e. The first kappa shape index (κ1) is 16.5. The van der Waals surface area contributed by atoms with E-state index in [1.54, 1.807) is 18.2 Å². The number of sulfonamides is 1. The molecule has 0 bridgehead atoms. The standard InChI is InChI=1S/C14H25N3O3S/c1-4-5-6-7-16-8-10-17(11-9-16)21(18,19)14-12(2)15-20-13(14)3/h4-11H2,1-3H3. The largest absolute Gasteiger partial charge is 0.360 e. The van der Waals surface area contributed by atoms with Gasteiger partial charge in [-0.1, -0.05) is 24.9 Å². The minimum atomic E-state index is -3.48. The second-order valence-electron chi connectivity index (χ2n) is 5.61. The molecular weight excluding hydrogens is 290 g/mol. The lowest BCUT2D eigenvalue weighted by molar-refractivity contribution is 0.185. The van der Waals surface area contributed by atoms with E-state index in [0.717, 1.165) is 19.6 Å². The Balaban J connectivity index is 1.98. The molecule has 2 rings (SSSR count). The van der Waals surface area contributed by atoms with E-state index in [9.17, 15) is 8.42 Å². The van der Waals surface area contributed by atoms with Gasteiger partial charge in [0, 0.05) is 26.2 Å². The Morgan fingerprint density at radius 3 is 2.33 bits per heavy atom. The number of aryl methyl sites for hydroxylation is 2. The van der Waals surface area contributed by atoms with Gasteiger partial charge >= 0.3 is 0 Å². The van der Waals surface area contributed by atoms with E-state index < -0.39 is 10.0 Å². The van der Waals surface area contributed by atoms with Crippen LogP contribution in [-0.2, 0) is 10.0 Å². The number of hydrogen-bond donors (Lipinski definition) is 0. The zero-order valence-corrected chi connectivity index (χ0v) is 13.9. The highest BCUT2D eigenvalue weighted by atomic mass is 32.2. The van der Waals surface area contributed by atoms with E-state index in [-0.39, 0.29) is 4.90 Å². The summed E-state index contributed by atoms with van der Waals surface area (Å²) in [6.45, 7) is 9.25. The first-order valence-corrected chi connectivity index (χ1v) is 9.06. The van der Waals surface area contributed by atoms with Gasteiger partial charge in [-0.3, -0.25) is 0 Å². The molecule has 1 saturated heterocycles. The highest BCUT2D eigenvalue weighted by Gasteiger charge is 2.32. The van der Waals surface area contributed by atoms with Crippen molar-refractivity contribution in [2.45, 2.75) is 44.9 Å². The fourth-order valence-corrected chi connectivity index (χ4v) is 4.46. The molecule has 1 aliphatic heterocycles. The number of aromatic nitrogens is 1. The molecule has 0 spiro atoms. The van der Waals surface area contributed by atoms with Crippen LogP contribution in [-0.4, -0.2) is 55.5 Å². The molecule has 1 aromatic heterocycles. The number of unbranched alkanes of at least 4 members (excludes halogenated alkanes) is 2. The van der Waals surface area contributed by atoms with Gasteiger partial charge in [0.25, 0.3) is 0 Å². The summed E-state index contributed by atoms with van der Waals surface area (Å²) in [5, 5.41) is 3.75. The van der Waals surface area contributed by atoms with E-state index in [4.69, 9.17) is 4.52 Å². The molecule has 0 N–H and O–H groups in total. The van der Waals surface area contributed by atoms with Crippen LogP contribution < -0.4 is 0 Å².